The van der Waals surface area contributed by atoms with Gasteiger partial charge < -0.3 is 0 Å². The first-order valence-corrected chi connectivity index (χ1v) is 24.6. The van der Waals surface area contributed by atoms with E-state index in [1.54, 1.807) is 0 Å². The van der Waals surface area contributed by atoms with Crippen molar-refractivity contribution in [3.63, 3.8) is 0 Å². The van der Waals surface area contributed by atoms with Crippen LogP contribution < -0.4 is 0 Å². The van der Waals surface area contributed by atoms with Crippen LogP contribution in [-0.4, -0.2) is 119 Å². The van der Waals surface area contributed by atoms with Crippen molar-refractivity contribution >= 4 is 35.4 Å². The van der Waals surface area contributed by atoms with Gasteiger partial charge in [0.2, 0.25) is 0 Å². The van der Waals surface area contributed by atoms with Crippen molar-refractivity contribution < 1.29 is 184 Å². The van der Waals surface area contributed by atoms with Gasteiger partial charge in [-0.25, -0.2) is 0 Å². The third kappa shape index (κ3) is 10.4. The van der Waals surface area contributed by atoms with Crippen molar-refractivity contribution in [2.24, 2.45) is 0 Å². The average Bonchev–Trinajstić information content (AvgIpc) is 3.21. The van der Waals surface area contributed by atoms with Crippen LogP contribution >= 0.6 is 35.4 Å². The van der Waals surface area contributed by atoms with Crippen LogP contribution in [0.1, 0.15) is 36.8 Å². The van der Waals surface area contributed by atoms with Gasteiger partial charge in [0.05, 0.1) is 0 Å². The molecule has 0 nitrogen and oxygen atoms in total. The molecule has 0 aromatic heterocycles. The fraction of sp³-hybridized carbons (Fsp3) is 0.812. The predicted molar refractivity (Wildman–Crippen MR) is 178 cm³/mol. The van der Waals surface area contributed by atoms with Crippen LogP contribution in [0.15, 0.2) is 18.2 Å². The Morgan fingerprint density at radius 3 is 0.701 bits per heavy atom. The third-order valence-corrected chi connectivity index (χ3v) is 14.3. The van der Waals surface area contributed by atoms with Crippen LogP contribution in [-0.2, 0) is 12.8 Å². The molecule has 0 atom stereocenters. The second-order valence-electron chi connectivity index (χ2n) is 15.4. The Kier molecular flexibility index (Phi) is 19.0. The van der Waals surface area contributed by atoms with E-state index in [-0.39, 0.29) is 6.07 Å². The van der Waals surface area contributed by atoms with Gasteiger partial charge in [-0.2, -0.15) is 96.6 Å². The zero-order valence-electron chi connectivity index (χ0n) is 34.5. The van der Waals surface area contributed by atoms with E-state index in [0.717, 1.165) is 0 Å². The molecule has 1 aromatic carbocycles. The van der Waals surface area contributed by atoms with E-state index in [4.69, 9.17) is 17.8 Å². The van der Waals surface area contributed by atoms with E-state index in [9.17, 15) is 184 Å². The number of hydrogen-bond acceptors (Lipinski definition) is 0. The van der Waals surface area contributed by atoms with Gasteiger partial charge in [0, 0.05) is 0 Å². The normalized spacial score (nSPS) is 16.6. The first-order chi connectivity index (χ1) is 33.0. The minimum absolute atomic E-state index is 0.227. The maximum atomic E-state index is 14.5. The summed E-state index contributed by atoms with van der Waals surface area (Å²) in [5.41, 5.74) is -1.90. The summed E-state index contributed by atoms with van der Waals surface area (Å²) < 4.78 is 574. The molecule has 0 saturated heterocycles. The molecule has 0 bridgehead atoms. The summed E-state index contributed by atoms with van der Waals surface area (Å²) in [6, 6.07) is 1.10. The molecule has 1 rings (SSSR count). The first-order valence-electron chi connectivity index (χ1n) is 18.1. The molecule has 0 spiro atoms. The van der Waals surface area contributed by atoms with E-state index in [1.807, 2.05) is 0 Å². The van der Waals surface area contributed by atoms with Gasteiger partial charge in [0.15, 0.2) is 0 Å². The van der Waals surface area contributed by atoms with Gasteiger partial charge in [-0.3, -0.25) is 0 Å². The van der Waals surface area contributed by atoms with Crippen molar-refractivity contribution in [3.05, 3.63) is 32.9 Å². The molecule has 0 unspecified atom stereocenters. The van der Waals surface area contributed by atoms with Crippen molar-refractivity contribution in [1.82, 2.24) is 0 Å². The zero-order valence-corrected chi connectivity index (χ0v) is 38.2. The molecule has 0 N–H and O–H groups in total. The van der Waals surface area contributed by atoms with Crippen molar-refractivity contribution in [3.8, 4) is 0 Å². The van der Waals surface area contributed by atoms with Gasteiger partial charge in [0.25, 0.3) is 0 Å². The third-order valence-electron chi connectivity index (χ3n) is 10.3. The van der Waals surface area contributed by atoms with Crippen LogP contribution in [0.2, 0.25) is 0 Å². The van der Waals surface area contributed by atoms with Crippen LogP contribution in [0, 0.1) is 3.57 Å². The first kappa shape index (κ1) is 72.6. The number of alkyl halides is 42. The summed E-state index contributed by atoms with van der Waals surface area (Å²) in [4.78, 5) is 0. The Hall–Kier alpha value is -2.41. The molecule has 45 heteroatoms. The maximum absolute atomic E-state index is 14.5. The van der Waals surface area contributed by atoms with Crippen LogP contribution in [0.4, 0.5) is 184 Å². The Labute approximate surface area is 409 Å². The topological polar surface area (TPSA) is 0 Å². The Morgan fingerprint density at radius 2 is 0.481 bits per heavy atom. The second kappa shape index (κ2) is 20.2. The molecule has 0 aliphatic carbocycles. The Morgan fingerprint density at radius 1 is 0.273 bits per heavy atom. The number of hydrogen-bond donors (Lipinski definition) is 0. The number of halogens is 45. The van der Waals surface area contributed by atoms with E-state index in [1.165, 1.54) is 0 Å². The molecule has 458 valence electrons. The monoisotopic (exact) mass is 1390 g/mol. The minimum atomic E-state index is -9.50. The van der Waals surface area contributed by atoms with Gasteiger partial charge in [-0.05, 0) is 0 Å². The SMILES string of the molecule is FC(F)(F)C(F)(F)C(F)(F)C(F)(F)C(F)(F)C(F)(F)C(F)(F)C(F)(F)C(F)(F)C(F)(F)CCCc1ccc(I(Cl)Cl)c(CCCC(F)(F)C(F)(F)C(F)(F)C(F)(F)C(F)(F)C(F)(F)C(F)(F)C(F)(F)C(F)(F)C(F)(F)F)c1. The van der Waals surface area contributed by atoms with E-state index in [2.05, 4.69) is 0 Å². The molecule has 1 aromatic rings. The van der Waals surface area contributed by atoms with Gasteiger partial charge >= 0.3 is 314 Å². The summed E-state index contributed by atoms with van der Waals surface area (Å²) in [6.45, 7) is 0. The molecule has 0 fully saturated rings. The molecular formula is C32H15Cl2F42I. The summed E-state index contributed by atoms with van der Waals surface area (Å²) in [5, 5.41) is 0. The average molecular weight is 1400 g/mol. The fourth-order valence-corrected chi connectivity index (χ4v) is 8.90. The fourth-order valence-electron chi connectivity index (χ4n) is 5.63. The Balaban J connectivity index is 3.58. The quantitative estimate of drug-likeness (QED) is 0.0676. The predicted octanol–water partition coefficient (Wildman–Crippen LogP) is 18.9. The van der Waals surface area contributed by atoms with E-state index in [0.29, 0.717) is 12.1 Å². The summed E-state index contributed by atoms with van der Waals surface area (Å²) in [5.74, 6) is -160. The van der Waals surface area contributed by atoms with Crippen LogP contribution in [0.25, 0.3) is 0 Å². The second-order valence-corrected chi connectivity index (χ2v) is 22.5. The van der Waals surface area contributed by atoms with Crippen molar-refractivity contribution in [1.29, 1.82) is 0 Å². The molecule has 0 radical (unpaired) electrons. The summed E-state index contributed by atoms with van der Waals surface area (Å²) in [6.07, 6.45) is -30.3. The standard InChI is InChI=1S/C32H15Cl2F42I/c33-77(34)12-6-5-10(3-1-7-13(35,36)15(39,40)17(43,44)19(47,48)21(51,52)23(55,56)25(59,60)27(63,64)29(67,68)31(71,72)73)9-11(12)4-2-8-14(37,38)16(41,42)18(45,46)20(49,50)22(53,54)24(57,58)26(61,62)28(65,66)30(69,70)32(74,75)76/h5-6,9H,1-4,7-8H2. The molecule has 0 saturated carbocycles. The van der Waals surface area contributed by atoms with Crippen molar-refractivity contribution in [2.75, 3.05) is 0 Å². The molecule has 77 heavy (non-hydrogen) atoms. The number of rotatable bonds is 25. The molecule has 0 heterocycles. The van der Waals surface area contributed by atoms with Crippen LogP contribution in [0.3, 0.4) is 0 Å². The van der Waals surface area contributed by atoms with E-state index < -0.39 is 190 Å². The number of benzene rings is 1. The molecule has 0 aliphatic rings. The van der Waals surface area contributed by atoms with Crippen LogP contribution in [0.5, 0.6) is 0 Å². The molecule has 0 aliphatic heterocycles. The molecule has 0 amide bonds. The van der Waals surface area contributed by atoms with Gasteiger partial charge in [-0.1, -0.05) is 0 Å². The number of aryl methyl sites for hydroxylation is 2. The molecular weight excluding hydrogens is 1380 g/mol. The van der Waals surface area contributed by atoms with Crippen molar-refractivity contribution in [2.45, 2.75) is 157 Å². The summed E-state index contributed by atoms with van der Waals surface area (Å²) >= 11 is -3.87. The van der Waals surface area contributed by atoms with Gasteiger partial charge in [0.1, 0.15) is 0 Å². The Bertz CT molecular complexity index is 2220. The summed E-state index contributed by atoms with van der Waals surface area (Å²) in [7, 11) is 11.2. The zero-order chi connectivity index (χ0) is 62.7. The van der Waals surface area contributed by atoms with Gasteiger partial charge in [-0.15, -0.1) is 0 Å². The van der Waals surface area contributed by atoms with E-state index >= 15 is 0 Å².